The number of alkyl halides is 6. The first kappa shape index (κ1) is 19.3. The van der Waals surface area contributed by atoms with E-state index >= 15 is 0 Å². The van der Waals surface area contributed by atoms with E-state index in [-0.39, 0.29) is 5.56 Å². The lowest BCUT2D eigenvalue weighted by Crippen LogP contribution is -2.21. The Bertz CT molecular complexity index is 756. The molecule has 0 bridgehead atoms. The van der Waals surface area contributed by atoms with E-state index in [1.54, 1.807) is 0 Å². The molecular formula is C15H9ClF7NO. The summed E-state index contributed by atoms with van der Waals surface area (Å²) < 4.78 is 93.4. The van der Waals surface area contributed by atoms with Crippen LogP contribution in [0.1, 0.15) is 22.7 Å². The third-order valence-corrected chi connectivity index (χ3v) is 3.51. The summed E-state index contributed by atoms with van der Waals surface area (Å²) in [5, 5.41) is -0.560. The van der Waals surface area contributed by atoms with Crippen LogP contribution in [0.4, 0.5) is 30.7 Å². The van der Waals surface area contributed by atoms with Gasteiger partial charge in [-0.1, -0.05) is 23.7 Å². The molecular weight excluding hydrogens is 379 g/mol. The van der Waals surface area contributed by atoms with Gasteiger partial charge >= 0.3 is 12.5 Å². The second kappa shape index (κ2) is 6.72. The van der Waals surface area contributed by atoms with E-state index in [9.17, 15) is 30.7 Å². The minimum absolute atomic E-state index is 0.0545. The maximum atomic E-state index is 14.1. The maximum absolute atomic E-state index is 14.1. The molecule has 0 saturated carbocycles. The fourth-order valence-electron chi connectivity index (χ4n) is 2.16. The minimum Gasteiger partial charge on any atom is -0.406 e. The summed E-state index contributed by atoms with van der Waals surface area (Å²) in [6, 6.07) is 3.46. The molecule has 0 aliphatic carbocycles. The Morgan fingerprint density at radius 3 is 1.96 bits per heavy atom. The molecule has 2 aromatic rings. The summed E-state index contributed by atoms with van der Waals surface area (Å²) in [6.07, 6.45) is -9.82. The van der Waals surface area contributed by atoms with E-state index < -0.39 is 46.3 Å². The van der Waals surface area contributed by atoms with E-state index in [1.165, 1.54) is 0 Å². The minimum atomic E-state index is -4.92. The lowest BCUT2D eigenvalue weighted by atomic mass is 9.94. The van der Waals surface area contributed by atoms with Crippen molar-refractivity contribution >= 4 is 11.6 Å². The van der Waals surface area contributed by atoms with Gasteiger partial charge in [-0.2, -0.15) is 13.2 Å². The first-order valence-corrected chi connectivity index (χ1v) is 6.94. The van der Waals surface area contributed by atoms with Gasteiger partial charge in [0.1, 0.15) is 11.6 Å². The topological polar surface area (TPSA) is 35.2 Å². The molecule has 2 aromatic carbocycles. The Morgan fingerprint density at radius 1 is 0.920 bits per heavy atom. The molecule has 25 heavy (non-hydrogen) atoms. The fourth-order valence-corrected chi connectivity index (χ4v) is 2.33. The third-order valence-electron chi connectivity index (χ3n) is 3.22. The normalized spacial score (nSPS) is 13.6. The van der Waals surface area contributed by atoms with Gasteiger partial charge < -0.3 is 10.5 Å². The van der Waals surface area contributed by atoms with Crippen molar-refractivity contribution in [3.63, 3.8) is 0 Å². The van der Waals surface area contributed by atoms with Crippen molar-refractivity contribution in [1.29, 1.82) is 0 Å². The SMILES string of the molecule is N[C@@H](c1ccc(OC(F)(F)F)cc1)c1c(C(F)(F)F)ccc(Cl)c1F. The molecule has 0 aliphatic rings. The van der Waals surface area contributed by atoms with Crippen LogP contribution in [-0.4, -0.2) is 6.36 Å². The zero-order valence-corrected chi connectivity index (χ0v) is 12.8. The first-order chi connectivity index (χ1) is 11.4. The van der Waals surface area contributed by atoms with Gasteiger partial charge in [0, 0.05) is 5.56 Å². The second-order valence-corrected chi connectivity index (χ2v) is 5.32. The highest BCUT2D eigenvalue weighted by atomic mass is 35.5. The molecule has 2 nitrogen and oxygen atoms in total. The van der Waals surface area contributed by atoms with Crippen LogP contribution in [0.25, 0.3) is 0 Å². The Kier molecular flexibility index (Phi) is 5.19. The van der Waals surface area contributed by atoms with Crippen molar-refractivity contribution in [2.45, 2.75) is 18.6 Å². The molecule has 0 unspecified atom stereocenters. The smallest absolute Gasteiger partial charge is 0.406 e. The number of halogens is 8. The van der Waals surface area contributed by atoms with E-state index in [2.05, 4.69) is 4.74 Å². The van der Waals surface area contributed by atoms with Crippen LogP contribution in [0.3, 0.4) is 0 Å². The van der Waals surface area contributed by atoms with Crippen molar-refractivity contribution in [2.24, 2.45) is 5.73 Å². The molecule has 2 N–H and O–H groups in total. The van der Waals surface area contributed by atoms with Crippen LogP contribution >= 0.6 is 11.6 Å². The number of hydrogen-bond donors (Lipinski definition) is 1. The van der Waals surface area contributed by atoms with Crippen LogP contribution in [-0.2, 0) is 6.18 Å². The lowest BCUT2D eigenvalue weighted by molar-refractivity contribution is -0.274. The van der Waals surface area contributed by atoms with Crippen molar-refractivity contribution in [2.75, 3.05) is 0 Å². The Labute approximate surface area is 141 Å². The summed E-state index contributed by atoms with van der Waals surface area (Å²) in [4.78, 5) is 0. The predicted octanol–water partition coefficient (Wildman–Crippen LogP) is 5.44. The molecule has 136 valence electrons. The average molecular weight is 388 g/mol. The van der Waals surface area contributed by atoms with Crippen molar-refractivity contribution in [3.05, 3.63) is 63.9 Å². The van der Waals surface area contributed by atoms with E-state index in [0.717, 1.165) is 30.3 Å². The third kappa shape index (κ3) is 4.55. The number of rotatable bonds is 3. The fraction of sp³-hybridized carbons (Fsp3) is 0.200. The molecule has 2 rings (SSSR count). The summed E-state index contributed by atoms with van der Waals surface area (Å²) in [5.41, 5.74) is 3.42. The largest absolute Gasteiger partial charge is 0.573 e. The van der Waals surface area contributed by atoms with Gasteiger partial charge in [-0.3, -0.25) is 0 Å². The van der Waals surface area contributed by atoms with Crippen molar-refractivity contribution in [3.8, 4) is 5.75 Å². The van der Waals surface area contributed by atoms with Crippen LogP contribution in [0.2, 0.25) is 5.02 Å². The standard InChI is InChI=1S/C15H9ClF7NO/c16-10-6-5-9(14(18,19)20)11(12(10)17)13(24)7-1-3-8(4-2-7)25-15(21,22)23/h1-6,13H,24H2/t13-/m0/s1. The quantitative estimate of drug-likeness (QED) is 0.711. The van der Waals surface area contributed by atoms with Crippen molar-refractivity contribution in [1.82, 2.24) is 0 Å². The molecule has 0 saturated heterocycles. The van der Waals surface area contributed by atoms with Gasteiger partial charge in [0.15, 0.2) is 0 Å². The molecule has 0 fully saturated rings. The second-order valence-electron chi connectivity index (χ2n) is 4.91. The molecule has 0 aliphatic heterocycles. The molecule has 0 spiro atoms. The van der Waals surface area contributed by atoms with Gasteiger partial charge in [-0.15, -0.1) is 13.2 Å². The van der Waals surface area contributed by atoms with Crippen LogP contribution < -0.4 is 10.5 Å². The Balaban J connectivity index is 2.44. The summed E-state index contributed by atoms with van der Waals surface area (Å²) in [5.74, 6) is -1.94. The molecule has 0 heterocycles. The maximum Gasteiger partial charge on any atom is 0.573 e. The van der Waals surface area contributed by atoms with Gasteiger partial charge in [-0.05, 0) is 29.8 Å². The zero-order chi connectivity index (χ0) is 19.0. The van der Waals surface area contributed by atoms with E-state index in [1.807, 2.05) is 0 Å². The summed E-state index contributed by atoms with van der Waals surface area (Å²) in [6.45, 7) is 0. The molecule has 0 amide bonds. The number of nitrogens with two attached hydrogens (primary N) is 1. The zero-order valence-electron chi connectivity index (χ0n) is 12.1. The van der Waals surface area contributed by atoms with Crippen molar-refractivity contribution < 1.29 is 35.5 Å². The first-order valence-electron chi connectivity index (χ1n) is 6.56. The number of hydrogen-bond acceptors (Lipinski definition) is 2. The van der Waals surface area contributed by atoms with Crippen LogP contribution in [0.15, 0.2) is 36.4 Å². The van der Waals surface area contributed by atoms with E-state index in [0.29, 0.717) is 6.07 Å². The molecule has 0 radical (unpaired) electrons. The summed E-state index contributed by atoms with van der Waals surface area (Å²) >= 11 is 5.52. The number of ether oxygens (including phenoxy) is 1. The monoisotopic (exact) mass is 387 g/mol. The van der Waals surface area contributed by atoms with Crippen LogP contribution in [0.5, 0.6) is 5.75 Å². The lowest BCUT2D eigenvalue weighted by Gasteiger charge is -2.20. The van der Waals surface area contributed by atoms with Gasteiger partial charge in [-0.25, -0.2) is 4.39 Å². The van der Waals surface area contributed by atoms with E-state index in [4.69, 9.17) is 17.3 Å². The Morgan fingerprint density at radius 2 is 1.48 bits per heavy atom. The highest BCUT2D eigenvalue weighted by Gasteiger charge is 2.37. The molecule has 10 heteroatoms. The van der Waals surface area contributed by atoms with Crippen LogP contribution in [0, 0.1) is 5.82 Å². The highest BCUT2D eigenvalue weighted by Crippen LogP contribution is 2.39. The summed E-state index contributed by atoms with van der Waals surface area (Å²) in [7, 11) is 0. The Hall–Kier alpha value is -2.00. The molecule has 1 atom stereocenters. The van der Waals surface area contributed by atoms with Gasteiger partial charge in [0.25, 0.3) is 0 Å². The predicted molar refractivity (Wildman–Crippen MR) is 75.6 cm³/mol. The molecule has 0 aromatic heterocycles. The average Bonchev–Trinajstić information content (AvgIpc) is 2.47. The van der Waals surface area contributed by atoms with Gasteiger partial charge in [0.05, 0.1) is 16.6 Å². The van der Waals surface area contributed by atoms with Gasteiger partial charge in [0.2, 0.25) is 0 Å². The highest BCUT2D eigenvalue weighted by molar-refractivity contribution is 6.30. The number of benzene rings is 2.